The number of hydrogen-bond donors (Lipinski definition) is 1. The van der Waals surface area contributed by atoms with Crippen LogP contribution in [0.5, 0.6) is 0 Å². The van der Waals surface area contributed by atoms with Crippen LogP contribution in [0.1, 0.15) is 43.0 Å². The van der Waals surface area contributed by atoms with Gasteiger partial charge in [-0.25, -0.2) is 0 Å². The van der Waals surface area contributed by atoms with E-state index in [2.05, 4.69) is 32.3 Å². The van der Waals surface area contributed by atoms with E-state index in [9.17, 15) is 4.79 Å². The molecule has 0 spiro atoms. The number of carbonyl (C=O) groups excluding carboxylic acids is 1. The molecule has 1 saturated carbocycles. The molecule has 0 saturated heterocycles. The molecule has 29 heavy (non-hydrogen) atoms. The highest BCUT2D eigenvalue weighted by molar-refractivity contribution is 7.99. The van der Waals surface area contributed by atoms with Gasteiger partial charge >= 0.3 is 0 Å². The van der Waals surface area contributed by atoms with Crippen molar-refractivity contribution in [1.29, 1.82) is 0 Å². The second-order valence-electron chi connectivity index (χ2n) is 6.80. The normalized spacial score (nSPS) is 14.8. The fourth-order valence-electron chi connectivity index (χ4n) is 3.36. The smallest absolute Gasteiger partial charge is 0.236 e. The van der Waals surface area contributed by atoms with Gasteiger partial charge in [0.15, 0.2) is 10.9 Å². The molecule has 1 fully saturated rings. The number of furan rings is 1. The van der Waals surface area contributed by atoms with Gasteiger partial charge in [0.1, 0.15) is 5.01 Å². The van der Waals surface area contributed by atoms with Crippen LogP contribution in [0.4, 0.5) is 5.13 Å². The monoisotopic (exact) mass is 430 g/mol. The number of hydrogen-bond acceptors (Lipinski definition) is 8. The van der Waals surface area contributed by atoms with Crippen LogP contribution in [0.2, 0.25) is 0 Å². The van der Waals surface area contributed by atoms with Crippen molar-refractivity contribution in [3.05, 3.63) is 36.1 Å². The molecule has 0 unspecified atom stereocenters. The topological polar surface area (TPSA) is 98.7 Å². The highest BCUT2D eigenvalue weighted by Gasteiger charge is 2.21. The number of nitrogens with zero attached hydrogens (tertiary/aromatic N) is 5. The molecule has 1 amide bonds. The fraction of sp³-hybridized carbons (Fsp3) is 0.421. The Morgan fingerprint density at radius 1 is 1.31 bits per heavy atom. The third-order valence-electron chi connectivity index (χ3n) is 4.74. The maximum absolute atomic E-state index is 12.4. The predicted molar refractivity (Wildman–Crippen MR) is 113 cm³/mol. The zero-order valence-electron chi connectivity index (χ0n) is 15.9. The summed E-state index contributed by atoms with van der Waals surface area (Å²) in [4.78, 5) is 12.4. The van der Waals surface area contributed by atoms with Crippen molar-refractivity contribution in [3.8, 4) is 11.6 Å². The molecule has 0 aliphatic heterocycles. The number of amides is 1. The van der Waals surface area contributed by atoms with Crippen molar-refractivity contribution < 1.29 is 9.21 Å². The van der Waals surface area contributed by atoms with Crippen molar-refractivity contribution in [2.75, 3.05) is 11.1 Å². The van der Waals surface area contributed by atoms with E-state index < -0.39 is 0 Å². The van der Waals surface area contributed by atoms with Crippen LogP contribution in [0, 0.1) is 0 Å². The van der Waals surface area contributed by atoms with E-state index >= 15 is 0 Å². The summed E-state index contributed by atoms with van der Waals surface area (Å²) in [6.07, 6.45) is 9.46. The Balaban J connectivity index is 1.36. The van der Waals surface area contributed by atoms with Crippen molar-refractivity contribution in [2.24, 2.45) is 0 Å². The quantitative estimate of drug-likeness (QED) is 0.419. The Hall–Kier alpha value is -2.46. The Kier molecular flexibility index (Phi) is 6.40. The molecule has 8 nitrogen and oxygen atoms in total. The fourth-order valence-corrected chi connectivity index (χ4v) is 5.04. The average molecular weight is 431 g/mol. The second kappa shape index (κ2) is 9.36. The van der Waals surface area contributed by atoms with E-state index in [4.69, 9.17) is 4.42 Å². The minimum absolute atomic E-state index is 0.144. The van der Waals surface area contributed by atoms with E-state index in [1.54, 1.807) is 18.4 Å². The van der Waals surface area contributed by atoms with Crippen LogP contribution in [-0.4, -0.2) is 36.6 Å². The highest BCUT2D eigenvalue weighted by atomic mass is 32.2. The molecule has 3 aromatic rings. The summed E-state index contributed by atoms with van der Waals surface area (Å²) in [5, 5.41) is 21.9. The lowest BCUT2D eigenvalue weighted by Crippen LogP contribution is -2.14. The van der Waals surface area contributed by atoms with Crippen molar-refractivity contribution in [1.82, 2.24) is 25.0 Å². The number of thioether (sulfide) groups is 1. The van der Waals surface area contributed by atoms with Gasteiger partial charge in [-0.3, -0.25) is 14.7 Å². The molecule has 0 atom stereocenters. The maximum atomic E-state index is 12.4. The van der Waals surface area contributed by atoms with E-state index in [0.717, 1.165) is 17.8 Å². The molecule has 152 valence electrons. The van der Waals surface area contributed by atoms with Crippen LogP contribution in [0.3, 0.4) is 0 Å². The first kappa shape index (κ1) is 19.8. The first-order valence-electron chi connectivity index (χ1n) is 9.58. The van der Waals surface area contributed by atoms with Gasteiger partial charge in [-0.05, 0) is 25.0 Å². The maximum Gasteiger partial charge on any atom is 0.236 e. The van der Waals surface area contributed by atoms with E-state index in [1.165, 1.54) is 42.4 Å². The lowest BCUT2D eigenvalue weighted by Gasteiger charge is -2.18. The zero-order chi connectivity index (χ0) is 20.1. The van der Waals surface area contributed by atoms with Gasteiger partial charge in [-0.15, -0.1) is 27.0 Å². The lowest BCUT2D eigenvalue weighted by atomic mass is 9.90. The van der Waals surface area contributed by atoms with Gasteiger partial charge in [-0.2, -0.15) is 0 Å². The Morgan fingerprint density at radius 3 is 2.93 bits per heavy atom. The molecule has 0 bridgehead atoms. The summed E-state index contributed by atoms with van der Waals surface area (Å²) in [7, 11) is 0. The van der Waals surface area contributed by atoms with Gasteiger partial charge in [0.05, 0.1) is 12.0 Å². The Bertz CT molecular complexity index is 959. The summed E-state index contributed by atoms with van der Waals surface area (Å²) in [5.74, 6) is 1.78. The summed E-state index contributed by atoms with van der Waals surface area (Å²) in [6.45, 7) is 4.30. The molecule has 1 N–H and O–H groups in total. The van der Waals surface area contributed by atoms with Crippen LogP contribution < -0.4 is 5.32 Å². The predicted octanol–water partition coefficient (Wildman–Crippen LogP) is 4.35. The Morgan fingerprint density at radius 2 is 2.17 bits per heavy atom. The number of allylic oxidation sites excluding steroid dienone is 1. The molecule has 10 heteroatoms. The molecular formula is C19H22N6O2S2. The number of aromatic nitrogens is 5. The second-order valence-corrected chi connectivity index (χ2v) is 8.75. The van der Waals surface area contributed by atoms with Crippen molar-refractivity contribution in [3.63, 3.8) is 0 Å². The molecular weight excluding hydrogens is 408 g/mol. The largest absolute Gasteiger partial charge is 0.461 e. The minimum atomic E-state index is -0.144. The van der Waals surface area contributed by atoms with Crippen molar-refractivity contribution in [2.45, 2.75) is 49.7 Å². The summed E-state index contributed by atoms with van der Waals surface area (Å²) in [5.41, 5.74) is 0. The first-order chi connectivity index (χ1) is 14.2. The van der Waals surface area contributed by atoms with Crippen molar-refractivity contribution >= 4 is 34.1 Å². The summed E-state index contributed by atoms with van der Waals surface area (Å²) >= 11 is 2.79. The third kappa shape index (κ3) is 4.76. The van der Waals surface area contributed by atoms with Gasteiger partial charge < -0.3 is 4.42 Å². The number of nitrogens with one attached hydrogen (secondary N) is 1. The van der Waals surface area contributed by atoms with Gasteiger partial charge in [0.2, 0.25) is 16.9 Å². The summed E-state index contributed by atoms with van der Waals surface area (Å²) < 4.78 is 7.29. The molecule has 3 heterocycles. The van der Waals surface area contributed by atoms with E-state index in [-0.39, 0.29) is 11.7 Å². The molecule has 4 rings (SSSR count). The van der Waals surface area contributed by atoms with Gasteiger partial charge in [-0.1, -0.05) is 48.4 Å². The van der Waals surface area contributed by atoms with Gasteiger partial charge in [0, 0.05) is 12.5 Å². The molecule has 1 aliphatic rings. The van der Waals surface area contributed by atoms with Crippen LogP contribution >= 0.6 is 23.1 Å². The highest BCUT2D eigenvalue weighted by Crippen LogP contribution is 2.35. The number of carbonyl (C=O) groups is 1. The average Bonchev–Trinajstić information content (AvgIpc) is 3.49. The molecule has 3 aromatic heterocycles. The molecule has 1 aliphatic carbocycles. The van der Waals surface area contributed by atoms with E-state index in [0.29, 0.717) is 34.3 Å². The molecule has 0 radical (unpaired) electrons. The Labute approximate surface area is 176 Å². The van der Waals surface area contributed by atoms with E-state index in [1.807, 2.05) is 10.6 Å². The first-order valence-corrected chi connectivity index (χ1v) is 11.4. The SMILES string of the molecule is C=CCn1c(SCC(=O)Nc2nnc(C3CCCCC3)s2)nnc1-c1ccco1. The number of anilines is 1. The number of rotatable bonds is 8. The van der Waals surface area contributed by atoms with Crippen LogP contribution in [0.15, 0.2) is 40.6 Å². The standard InChI is InChI=1S/C19H22N6O2S2/c1-2-10-25-16(14-9-6-11-27-14)21-24-19(25)28-12-15(26)20-18-23-22-17(29-18)13-7-4-3-5-8-13/h2,6,9,11,13H,1,3-5,7-8,10,12H2,(H,20,23,26). The van der Waals surface area contributed by atoms with Crippen LogP contribution in [0.25, 0.3) is 11.6 Å². The third-order valence-corrected chi connectivity index (χ3v) is 6.71. The zero-order valence-corrected chi connectivity index (χ0v) is 17.5. The summed E-state index contributed by atoms with van der Waals surface area (Å²) in [6, 6.07) is 3.62. The molecule has 0 aromatic carbocycles. The van der Waals surface area contributed by atoms with Gasteiger partial charge in [0.25, 0.3) is 0 Å². The lowest BCUT2D eigenvalue weighted by molar-refractivity contribution is -0.113. The minimum Gasteiger partial charge on any atom is -0.461 e. The van der Waals surface area contributed by atoms with Crippen LogP contribution in [-0.2, 0) is 11.3 Å².